The number of ether oxygens (including phenoxy) is 1. The van der Waals surface area contributed by atoms with E-state index in [0.29, 0.717) is 18.1 Å². The van der Waals surface area contributed by atoms with Crippen LogP contribution in [0.5, 0.6) is 5.75 Å². The lowest BCUT2D eigenvalue weighted by Gasteiger charge is -2.14. The van der Waals surface area contributed by atoms with Crippen LogP contribution in [0.15, 0.2) is 41.4 Å². The van der Waals surface area contributed by atoms with Crippen molar-refractivity contribution in [1.82, 2.24) is 4.98 Å². The monoisotopic (exact) mass is 351 g/mol. The molecular weight excluding hydrogens is 333 g/mol. The van der Waals surface area contributed by atoms with Crippen molar-refractivity contribution in [2.75, 3.05) is 23.7 Å². The quantitative estimate of drug-likeness (QED) is 0.518. The zero-order chi connectivity index (χ0) is 17.7. The summed E-state index contributed by atoms with van der Waals surface area (Å²) in [6.45, 7) is 2.35. The average Bonchev–Trinajstić information content (AvgIpc) is 2.56. The number of sulfonamides is 1. The first-order chi connectivity index (χ1) is 11.4. The number of rotatable bonds is 7. The Morgan fingerprint density at radius 2 is 1.92 bits per heavy atom. The number of pyridine rings is 1. The maximum atomic E-state index is 12.5. The highest BCUT2D eigenvalue weighted by Gasteiger charge is 2.20. The van der Waals surface area contributed by atoms with E-state index in [0.717, 1.165) is 0 Å². The summed E-state index contributed by atoms with van der Waals surface area (Å²) in [5, 5.41) is 21.4. The second-order valence-electron chi connectivity index (χ2n) is 4.85. The van der Waals surface area contributed by atoms with Gasteiger partial charge in [-0.1, -0.05) is 0 Å². The number of aromatic nitrogens is 1. The second kappa shape index (κ2) is 7.52. The molecule has 0 unspecified atom stereocenters. The van der Waals surface area contributed by atoms with Crippen LogP contribution < -0.4 is 20.2 Å². The van der Waals surface area contributed by atoms with Gasteiger partial charge in [-0.3, -0.25) is 4.72 Å². The number of nitrogens with one attached hydrogen (secondary N) is 2. The third kappa shape index (κ3) is 4.16. The van der Waals surface area contributed by atoms with Gasteiger partial charge in [-0.2, -0.15) is 0 Å². The minimum Gasteiger partial charge on any atom is -0.497 e. The highest BCUT2D eigenvalue weighted by Crippen LogP contribution is 2.23. The SMILES string of the molecule is CCNc1ncc(B(O)O)cc1NS(=O)(=O)c1ccc(OC)cc1. The fraction of sp³-hybridized carbons (Fsp3) is 0.214. The number of nitrogens with zero attached hydrogens (tertiary/aromatic N) is 1. The Morgan fingerprint density at radius 3 is 2.46 bits per heavy atom. The molecule has 0 aliphatic carbocycles. The lowest BCUT2D eigenvalue weighted by molar-refractivity contribution is 0.414. The topological polar surface area (TPSA) is 121 Å². The normalized spacial score (nSPS) is 11.0. The molecule has 0 saturated heterocycles. The molecule has 128 valence electrons. The van der Waals surface area contributed by atoms with Gasteiger partial charge in [-0.25, -0.2) is 13.4 Å². The molecule has 2 rings (SSSR count). The van der Waals surface area contributed by atoms with Crippen LogP contribution in [0.1, 0.15) is 6.92 Å². The van der Waals surface area contributed by atoms with E-state index in [-0.39, 0.29) is 16.0 Å². The van der Waals surface area contributed by atoms with E-state index in [1.807, 2.05) is 6.92 Å². The third-order valence-electron chi connectivity index (χ3n) is 3.17. The predicted octanol–water partition coefficient (Wildman–Crippen LogP) is 0.00260. The lowest BCUT2D eigenvalue weighted by atomic mass is 9.81. The van der Waals surface area contributed by atoms with Crippen molar-refractivity contribution in [2.24, 2.45) is 0 Å². The van der Waals surface area contributed by atoms with E-state index < -0.39 is 17.1 Å². The van der Waals surface area contributed by atoms with Gasteiger partial charge in [0.05, 0.1) is 17.7 Å². The van der Waals surface area contributed by atoms with Crippen LogP contribution in [-0.2, 0) is 10.0 Å². The van der Waals surface area contributed by atoms with Crippen LogP contribution in [-0.4, -0.2) is 44.2 Å². The minimum absolute atomic E-state index is 0.0423. The van der Waals surface area contributed by atoms with Crippen LogP contribution in [0.2, 0.25) is 0 Å². The maximum Gasteiger partial charge on any atom is 0.490 e. The average molecular weight is 351 g/mol. The van der Waals surface area contributed by atoms with Crippen molar-refractivity contribution >= 4 is 34.1 Å². The largest absolute Gasteiger partial charge is 0.497 e. The first-order valence-corrected chi connectivity index (χ1v) is 8.62. The molecule has 1 aromatic heterocycles. The molecule has 0 fully saturated rings. The Bertz CT molecular complexity index is 797. The number of methoxy groups -OCH3 is 1. The van der Waals surface area contributed by atoms with Gasteiger partial charge in [0.1, 0.15) is 11.6 Å². The van der Waals surface area contributed by atoms with E-state index in [1.54, 1.807) is 0 Å². The van der Waals surface area contributed by atoms with Gasteiger partial charge < -0.3 is 20.1 Å². The predicted molar refractivity (Wildman–Crippen MR) is 92.0 cm³/mol. The summed E-state index contributed by atoms with van der Waals surface area (Å²) in [4.78, 5) is 4.06. The van der Waals surface area contributed by atoms with E-state index in [1.165, 1.54) is 43.6 Å². The fourth-order valence-corrected chi connectivity index (χ4v) is 3.02. The van der Waals surface area contributed by atoms with E-state index in [9.17, 15) is 18.5 Å². The van der Waals surface area contributed by atoms with Crippen LogP contribution in [0.4, 0.5) is 11.5 Å². The summed E-state index contributed by atoms with van der Waals surface area (Å²) in [6, 6.07) is 7.20. The smallest absolute Gasteiger partial charge is 0.490 e. The van der Waals surface area contributed by atoms with Crippen molar-refractivity contribution < 1.29 is 23.2 Å². The van der Waals surface area contributed by atoms with Crippen molar-refractivity contribution in [1.29, 1.82) is 0 Å². The Hall–Kier alpha value is -2.30. The van der Waals surface area contributed by atoms with E-state index in [4.69, 9.17) is 4.74 Å². The molecule has 10 heteroatoms. The summed E-state index contributed by atoms with van der Waals surface area (Å²) in [7, 11) is -4.13. The van der Waals surface area contributed by atoms with Crippen molar-refractivity contribution in [3.05, 3.63) is 36.5 Å². The van der Waals surface area contributed by atoms with Gasteiger partial charge >= 0.3 is 7.12 Å². The molecule has 0 aliphatic heterocycles. The first-order valence-electron chi connectivity index (χ1n) is 7.14. The van der Waals surface area contributed by atoms with E-state index >= 15 is 0 Å². The molecular formula is C14H18BN3O5S. The lowest BCUT2D eigenvalue weighted by Crippen LogP contribution is -2.31. The molecule has 0 atom stereocenters. The van der Waals surface area contributed by atoms with Crippen LogP contribution in [0, 0.1) is 0 Å². The number of hydrogen-bond acceptors (Lipinski definition) is 7. The molecule has 24 heavy (non-hydrogen) atoms. The molecule has 8 nitrogen and oxygen atoms in total. The fourth-order valence-electron chi connectivity index (χ4n) is 1.97. The Kier molecular flexibility index (Phi) is 5.65. The summed E-state index contributed by atoms with van der Waals surface area (Å²) in [6.07, 6.45) is 1.26. The van der Waals surface area contributed by atoms with E-state index in [2.05, 4.69) is 15.0 Å². The van der Waals surface area contributed by atoms with Crippen molar-refractivity contribution in [2.45, 2.75) is 11.8 Å². The van der Waals surface area contributed by atoms with Crippen LogP contribution >= 0.6 is 0 Å². The Morgan fingerprint density at radius 1 is 1.25 bits per heavy atom. The summed E-state index contributed by atoms with van der Waals surface area (Å²) >= 11 is 0. The zero-order valence-corrected chi connectivity index (χ0v) is 14.0. The molecule has 4 N–H and O–H groups in total. The van der Waals surface area contributed by atoms with Crippen LogP contribution in [0.3, 0.4) is 0 Å². The first kappa shape index (κ1) is 18.0. The van der Waals surface area contributed by atoms with Crippen molar-refractivity contribution in [3.8, 4) is 5.75 Å². The summed E-state index contributed by atoms with van der Waals surface area (Å²) < 4.78 is 32.4. The molecule has 1 aromatic carbocycles. The molecule has 1 heterocycles. The Balaban J connectivity index is 2.37. The van der Waals surface area contributed by atoms with Gasteiger partial charge in [0.2, 0.25) is 0 Å². The number of hydrogen-bond donors (Lipinski definition) is 4. The second-order valence-corrected chi connectivity index (χ2v) is 6.53. The molecule has 0 radical (unpaired) electrons. The van der Waals surface area contributed by atoms with Gasteiger partial charge in [-0.15, -0.1) is 0 Å². The molecule has 0 aliphatic rings. The van der Waals surface area contributed by atoms with Gasteiger partial charge in [0, 0.05) is 18.2 Å². The van der Waals surface area contributed by atoms with Gasteiger partial charge in [0.25, 0.3) is 10.0 Å². The summed E-state index contributed by atoms with van der Waals surface area (Å²) in [5.74, 6) is 0.827. The summed E-state index contributed by atoms with van der Waals surface area (Å²) in [5.41, 5.74) is 0.197. The molecule has 2 aromatic rings. The Labute approximate surface area is 140 Å². The maximum absolute atomic E-state index is 12.5. The molecule has 0 spiro atoms. The van der Waals surface area contributed by atoms with Crippen LogP contribution in [0.25, 0.3) is 0 Å². The highest BCUT2D eigenvalue weighted by molar-refractivity contribution is 7.92. The molecule has 0 saturated carbocycles. The van der Waals surface area contributed by atoms with Gasteiger partial charge in [0.15, 0.2) is 0 Å². The third-order valence-corrected chi connectivity index (χ3v) is 4.55. The molecule has 0 bridgehead atoms. The zero-order valence-electron chi connectivity index (χ0n) is 13.2. The number of anilines is 2. The molecule has 0 amide bonds. The van der Waals surface area contributed by atoms with Crippen molar-refractivity contribution in [3.63, 3.8) is 0 Å². The standard InChI is InChI=1S/C14H18BN3O5S/c1-3-16-14-13(8-10(9-17-14)15(19)20)18-24(21,22)12-6-4-11(23-2)5-7-12/h4-9,18-20H,3H2,1-2H3,(H,16,17). The number of benzene rings is 1. The minimum atomic E-state index is -3.87. The van der Waals surface area contributed by atoms with Gasteiger partial charge in [-0.05, 0) is 37.3 Å². The highest BCUT2D eigenvalue weighted by atomic mass is 32.2.